The summed E-state index contributed by atoms with van der Waals surface area (Å²) in [6.45, 7) is 2.50. The minimum atomic E-state index is 0.426. The Morgan fingerprint density at radius 3 is 2.57 bits per heavy atom. The number of pyridine rings is 1. The molecular weight excluding hydrogens is 258 g/mol. The zero-order valence-corrected chi connectivity index (χ0v) is 11.8. The van der Waals surface area contributed by atoms with E-state index >= 15 is 0 Å². The maximum absolute atomic E-state index is 8.90. The second kappa shape index (κ2) is 5.35. The summed E-state index contributed by atoms with van der Waals surface area (Å²) in [4.78, 5) is 4.52. The van der Waals surface area contributed by atoms with E-state index in [9.17, 15) is 0 Å². The highest BCUT2D eigenvalue weighted by Crippen LogP contribution is 2.31. The molecule has 2 aromatic carbocycles. The number of hydrogen-bond acceptors (Lipinski definition) is 3. The average Bonchev–Trinajstić information content (AvgIpc) is 2.54. The fraction of sp³-hybridized carbons (Fsp3) is 0.111. The zero-order chi connectivity index (χ0) is 14.8. The summed E-state index contributed by atoms with van der Waals surface area (Å²) in [5.41, 5.74) is 10.7. The van der Waals surface area contributed by atoms with E-state index in [1.807, 2.05) is 36.5 Å². The molecule has 0 aliphatic carbocycles. The Kier molecular flexibility index (Phi) is 3.39. The molecule has 0 bridgehead atoms. The molecule has 0 aliphatic rings. The van der Waals surface area contributed by atoms with E-state index in [1.165, 1.54) is 5.56 Å². The van der Waals surface area contributed by atoms with E-state index in [4.69, 9.17) is 11.0 Å². The van der Waals surface area contributed by atoms with Gasteiger partial charge >= 0.3 is 0 Å². The molecule has 3 aromatic rings. The molecule has 0 fully saturated rings. The van der Waals surface area contributed by atoms with Crippen LogP contribution < -0.4 is 5.73 Å². The maximum Gasteiger partial charge on any atom is 0.0991 e. The Morgan fingerprint density at radius 1 is 1.14 bits per heavy atom. The lowest BCUT2D eigenvalue weighted by Crippen LogP contribution is -2.02. The second-order valence-corrected chi connectivity index (χ2v) is 5.01. The summed E-state index contributed by atoms with van der Waals surface area (Å²) in [6.07, 6.45) is 1.87. The molecule has 0 radical (unpaired) electrons. The predicted octanol–water partition coefficient (Wildman–Crippen LogP) is 3.54. The fourth-order valence-corrected chi connectivity index (χ4v) is 2.66. The Bertz CT molecular complexity index is 843. The van der Waals surface area contributed by atoms with Crippen molar-refractivity contribution in [3.63, 3.8) is 0 Å². The van der Waals surface area contributed by atoms with Crippen LogP contribution >= 0.6 is 0 Å². The molecule has 0 aliphatic heterocycles. The SMILES string of the molecule is Cc1cccc2c(-c3ccc(C#N)cc3)cnc(CN)c12. The molecule has 0 amide bonds. The largest absolute Gasteiger partial charge is 0.325 e. The van der Waals surface area contributed by atoms with Gasteiger partial charge in [-0.1, -0.05) is 30.3 Å². The molecule has 102 valence electrons. The van der Waals surface area contributed by atoms with E-state index in [0.717, 1.165) is 27.6 Å². The quantitative estimate of drug-likeness (QED) is 0.776. The number of aromatic nitrogens is 1. The Morgan fingerprint density at radius 2 is 1.90 bits per heavy atom. The van der Waals surface area contributed by atoms with Crippen LogP contribution in [0.4, 0.5) is 0 Å². The fourth-order valence-electron chi connectivity index (χ4n) is 2.66. The maximum atomic E-state index is 8.90. The first-order chi connectivity index (χ1) is 10.2. The molecule has 3 heteroatoms. The minimum absolute atomic E-state index is 0.426. The van der Waals surface area contributed by atoms with Gasteiger partial charge in [0.25, 0.3) is 0 Å². The highest BCUT2D eigenvalue weighted by Gasteiger charge is 2.10. The molecule has 0 saturated carbocycles. The van der Waals surface area contributed by atoms with Crippen molar-refractivity contribution in [1.82, 2.24) is 4.98 Å². The first kappa shape index (κ1) is 13.3. The van der Waals surface area contributed by atoms with Crippen LogP contribution in [0, 0.1) is 18.3 Å². The van der Waals surface area contributed by atoms with Crippen LogP contribution in [0.25, 0.3) is 21.9 Å². The number of nitrogens with two attached hydrogens (primary N) is 1. The van der Waals surface area contributed by atoms with Gasteiger partial charge in [-0.15, -0.1) is 0 Å². The lowest BCUT2D eigenvalue weighted by Gasteiger charge is -2.12. The third-order valence-electron chi connectivity index (χ3n) is 3.72. The van der Waals surface area contributed by atoms with Crippen LogP contribution in [0.3, 0.4) is 0 Å². The van der Waals surface area contributed by atoms with Crippen LogP contribution in [0.15, 0.2) is 48.7 Å². The van der Waals surface area contributed by atoms with Crippen LogP contribution in [0.1, 0.15) is 16.8 Å². The molecule has 3 nitrogen and oxygen atoms in total. The number of hydrogen-bond donors (Lipinski definition) is 1. The van der Waals surface area contributed by atoms with Crippen molar-refractivity contribution in [2.45, 2.75) is 13.5 Å². The highest BCUT2D eigenvalue weighted by atomic mass is 14.7. The second-order valence-electron chi connectivity index (χ2n) is 5.01. The molecule has 2 N–H and O–H groups in total. The summed E-state index contributed by atoms with van der Waals surface area (Å²) in [5, 5.41) is 11.2. The van der Waals surface area contributed by atoms with Crippen LogP contribution in [0.2, 0.25) is 0 Å². The van der Waals surface area contributed by atoms with Gasteiger partial charge in [-0.2, -0.15) is 5.26 Å². The van der Waals surface area contributed by atoms with Gasteiger partial charge in [0.2, 0.25) is 0 Å². The molecular formula is C18H15N3. The number of benzene rings is 2. The summed E-state index contributed by atoms with van der Waals surface area (Å²) < 4.78 is 0. The van der Waals surface area contributed by atoms with E-state index in [2.05, 4.69) is 30.1 Å². The van der Waals surface area contributed by atoms with E-state index < -0.39 is 0 Å². The summed E-state index contributed by atoms with van der Waals surface area (Å²) in [6, 6.07) is 15.9. The first-order valence-electron chi connectivity index (χ1n) is 6.82. The number of nitriles is 1. The van der Waals surface area contributed by atoms with Crippen molar-refractivity contribution < 1.29 is 0 Å². The number of nitrogens with zero attached hydrogens (tertiary/aromatic N) is 2. The zero-order valence-electron chi connectivity index (χ0n) is 11.8. The molecule has 1 aromatic heterocycles. The summed E-state index contributed by atoms with van der Waals surface area (Å²) in [5.74, 6) is 0. The lowest BCUT2D eigenvalue weighted by molar-refractivity contribution is 1.01. The van der Waals surface area contributed by atoms with Gasteiger partial charge in [0, 0.05) is 23.7 Å². The van der Waals surface area contributed by atoms with Gasteiger partial charge in [-0.3, -0.25) is 4.98 Å². The van der Waals surface area contributed by atoms with Crippen molar-refractivity contribution in [2.24, 2.45) is 5.73 Å². The third kappa shape index (κ3) is 2.26. The van der Waals surface area contributed by atoms with Crippen molar-refractivity contribution >= 4 is 10.8 Å². The topological polar surface area (TPSA) is 62.7 Å². The first-order valence-corrected chi connectivity index (χ1v) is 6.82. The van der Waals surface area contributed by atoms with Crippen molar-refractivity contribution in [1.29, 1.82) is 5.26 Å². The Labute approximate surface area is 123 Å². The van der Waals surface area contributed by atoms with Crippen molar-refractivity contribution in [2.75, 3.05) is 0 Å². The molecule has 3 rings (SSSR count). The van der Waals surface area contributed by atoms with Gasteiger partial charge < -0.3 is 5.73 Å². The van der Waals surface area contributed by atoms with Gasteiger partial charge in [-0.25, -0.2) is 0 Å². The van der Waals surface area contributed by atoms with Gasteiger partial charge in [0.15, 0.2) is 0 Å². The normalized spacial score (nSPS) is 10.5. The number of aryl methyl sites for hydroxylation is 1. The summed E-state index contributed by atoms with van der Waals surface area (Å²) in [7, 11) is 0. The Balaban J connectivity index is 2.28. The minimum Gasteiger partial charge on any atom is -0.325 e. The standard InChI is InChI=1S/C18H15N3/c1-12-3-2-4-15-16(11-21-17(10-20)18(12)15)14-7-5-13(9-19)6-8-14/h2-8,11H,10,20H2,1H3. The molecule has 0 unspecified atom stereocenters. The van der Waals surface area contributed by atoms with E-state index in [0.29, 0.717) is 12.1 Å². The molecule has 21 heavy (non-hydrogen) atoms. The predicted molar refractivity (Wildman–Crippen MR) is 84.5 cm³/mol. The molecule has 0 saturated heterocycles. The highest BCUT2D eigenvalue weighted by molar-refractivity contribution is 5.99. The monoisotopic (exact) mass is 273 g/mol. The third-order valence-corrected chi connectivity index (χ3v) is 3.72. The Hall–Kier alpha value is -2.70. The van der Waals surface area contributed by atoms with Gasteiger partial charge in [0.1, 0.15) is 0 Å². The average molecular weight is 273 g/mol. The van der Waals surface area contributed by atoms with Crippen molar-refractivity contribution in [3.05, 3.63) is 65.5 Å². The smallest absolute Gasteiger partial charge is 0.0991 e. The van der Waals surface area contributed by atoms with Crippen molar-refractivity contribution in [3.8, 4) is 17.2 Å². The van der Waals surface area contributed by atoms with Crippen LogP contribution in [0.5, 0.6) is 0 Å². The molecule has 0 spiro atoms. The number of rotatable bonds is 2. The molecule has 1 heterocycles. The van der Waals surface area contributed by atoms with Gasteiger partial charge in [0.05, 0.1) is 17.3 Å². The van der Waals surface area contributed by atoms with E-state index in [-0.39, 0.29) is 0 Å². The summed E-state index contributed by atoms with van der Waals surface area (Å²) >= 11 is 0. The molecule has 0 atom stereocenters. The van der Waals surface area contributed by atoms with E-state index in [1.54, 1.807) is 0 Å². The van der Waals surface area contributed by atoms with Gasteiger partial charge in [-0.05, 0) is 35.6 Å². The van der Waals surface area contributed by atoms with Crippen LogP contribution in [-0.2, 0) is 6.54 Å². The van der Waals surface area contributed by atoms with Crippen LogP contribution in [-0.4, -0.2) is 4.98 Å². The lowest BCUT2D eigenvalue weighted by atomic mass is 9.96. The number of fused-ring (bicyclic) bond motifs is 1.